The summed E-state index contributed by atoms with van der Waals surface area (Å²) >= 11 is 0. The van der Waals surface area contributed by atoms with Gasteiger partial charge in [0.05, 0.1) is 0 Å². The number of amides is 1. The van der Waals surface area contributed by atoms with E-state index in [1.165, 1.54) is 5.56 Å². The second kappa shape index (κ2) is 7.94. The van der Waals surface area contributed by atoms with Crippen molar-refractivity contribution in [1.82, 2.24) is 9.80 Å². The fourth-order valence-corrected chi connectivity index (χ4v) is 2.10. The van der Waals surface area contributed by atoms with Gasteiger partial charge in [-0.3, -0.25) is 0 Å². The van der Waals surface area contributed by atoms with Gasteiger partial charge in [-0.15, -0.1) is 0 Å². The Morgan fingerprint density at radius 2 is 1.63 bits per heavy atom. The van der Waals surface area contributed by atoms with Crippen LogP contribution < -0.4 is 5.46 Å². The number of rotatable bonds is 2. The van der Waals surface area contributed by atoms with Crippen LogP contribution in [0.3, 0.4) is 0 Å². The molecule has 0 saturated carbocycles. The Balaban J connectivity index is 0.00000162. The smallest absolute Gasteiger partial charge is 0.870 e. The Morgan fingerprint density at radius 1 is 1.11 bits per heavy atom. The van der Waals surface area contributed by atoms with Crippen LogP contribution in [0.1, 0.15) is 12.5 Å². The molecule has 2 N–H and O–H groups in total. The van der Waals surface area contributed by atoms with Crippen molar-refractivity contribution in [3.63, 3.8) is 0 Å². The van der Waals surface area contributed by atoms with Crippen LogP contribution >= 0.6 is 0 Å². The average Bonchev–Trinajstić information content (AvgIpc) is 2.33. The molecule has 6 heteroatoms. The summed E-state index contributed by atoms with van der Waals surface area (Å²) < 4.78 is 0. The normalized spacial score (nSPS) is 15.4. The average molecular weight is 262 g/mol. The third-order valence-electron chi connectivity index (χ3n) is 3.20. The summed E-state index contributed by atoms with van der Waals surface area (Å²) in [7, 11) is 5.65. The zero-order valence-corrected chi connectivity index (χ0v) is 11.1. The van der Waals surface area contributed by atoms with Gasteiger partial charge in [0.1, 0.15) is 0 Å². The molecule has 0 atom stereocenters. The van der Waals surface area contributed by atoms with Gasteiger partial charge in [-0.05, 0) is 0 Å². The Bertz CT molecular complexity index is 389. The molecule has 1 saturated heterocycles. The fraction of sp³-hybridized carbons (Fsp3) is 0.462. The summed E-state index contributed by atoms with van der Waals surface area (Å²) in [6.45, 7) is 6.14. The van der Waals surface area contributed by atoms with E-state index in [0.29, 0.717) is 0 Å². The Morgan fingerprint density at radius 3 is 2.11 bits per heavy atom. The number of carbonyl (C=O) groups is 1. The molecular formula is C13H19BN2O3. The van der Waals surface area contributed by atoms with E-state index in [2.05, 4.69) is 17.0 Å². The zero-order valence-electron chi connectivity index (χ0n) is 11.1. The van der Waals surface area contributed by atoms with Crippen LogP contribution in [0.15, 0.2) is 24.3 Å². The van der Waals surface area contributed by atoms with Crippen LogP contribution in [0.25, 0.3) is 0 Å². The Hall–Kier alpha value is -1.37. The number of hydrogen-bond donors (Lipinski definition) is 0. The molecule has 1 fully saturated rings. The third kappa shape index (κ3) is 5.02. The van der Waals surface area contributed by atoms with E-state index in [1.807, 2.05) is 17.0 Å². The molecule has 0 spiro atoms. The van der Waals surface area contributed by atoms with Gasteiger partial charge in [0.2, 0.25) is 0 Å². The molecule has 1 aliphatic heterocycles. The van der Waals surface area contributed by atoms with Crippen LogP contribution in [0.5, 0.6) is 0 Å². The van der Waals surface area contributed by atoms with Gasteiger partial charge in [0.15, 0.2) is 0 Å². The maximum absolute atomic E-state index is 11.2. The topological polar surface area (TPSA) is 83.5 Å². The standard InChI is InChI=1S/C13H17BN2O.2H2O/c1-11(17)16-8-6-15(7-9-16)10-12-2-4-13(14)5-3-12;;/h2-5H,6-10H2,1H3;2*1H2/q+2;;/p-2. The van der Waals surface area contributed by atoms with Gasteiger partial charge < -0.3 is 11.0 Å². The number of nitrogens with zero attached hydrogens (tertiary/aromatic N) is 2. The van der Waals surface area contributed by atoms with Crippen LogP contribution in [0, 0.1) is 0 Å². The second-order valence-electron chi connectivity index (χ2n) is 4.52. The first-order chi connectivity index (χ1) is 8.15. The predicted molar refractivity (Wildman–Crippen MR) is 73.2 cm³/mol. The summed E-state index contributed by atoms with van der Waals surface area (Å²) in [6.07, 6.45) is 0. The first-order valence-electron chi connectivity index (χ1n) is 5.97. The molecule has 0 radical (unpaired) electrons. The van der Waals surface area contributed by atoms with Crippen molar-refractivity contribution in [3.05, 3.63) is 29.8 Å². The van der Waals surface area contributed by atoms with Crippen molar-refractivity contribution in [2.75, 3.05) is 26.2 Å². The quantitative estimate of drug-likeness (QED) is 0.690. The monoisotopic (exact) mass is 262 g/mol. The van der Waals surface area contributed by atoms with Crippen LogP contribution in [-0.4, -0.2) is 60.7 Å². The minimum atomic E-state index is 0. The number of hydrogen-bond acceptors (Lipinski definition) is 4. The van der Waals surface area contributed by atoms with E-state index in [9.17, 15) is 4.79 Å². The number of carbonyl (C=O) groups excluding carboxylic acids is 1. The number of benzene rings is 1. The van der Waals surface area contributed by atoms with E-state index in [0.717, 1.165) is 38.2 Å². The molecule has 1 aromatic carbocycles. The molecule has 1 aromatic rings. The van der Waals surface area contributed by atoms with Crippen molar-refractivity contribution in [2.45, 2.75) is 13.5 Å². The molecule has 1 heterocycles. The van der Waals surface area contributed by atoms with E-state index < -0.39 is 0 Å². The Kier molecular flexibility index (Phi) is 7.37. The second-order valence-corrected chi connectivity index (χ2v) is 4.52. The minimum absolute atomic E-state index is 0. The van der Waals surface area contributed by atoms with Crippen molar-refractivity contribution in [3.8, 4) is 0 Å². The first kappa shape index (κ1) is 17.6. The largest absolute Gasteiger partial charge is 0.870 e. The summed E-state index contributed by atoms with van der Waals surface area (Å²) in [5.74, 6) is 0.178. The van der Waals surface area contributed by atoms with Gasteiger partial charge in [0.25, 0.3) is 0 Å². The Labute approximate surface area is 115 Å². The molecule has 102 valence electrons. The van der Waals surface area contributed by atoms with E-state index in [4.69, 9.17) is 7.85 Å². The molecular weight excluding hydrogens is 243 g/mol. The third-order valence-corrected chi connectivity index (χ3v) is 3.20. The molecule has 19 heavy (non-hydrogen) atoms. The molecule has 0 aromatic heterocycles. The van der Waals surface area contributed by atoms with E-state index in [1.54, 1.807) is 6.92 Å². The summed E-state index contributed by atoms with van der Waals surface area (Å²) in [4.78, 5) is 15.5. The van der Waals surface area contributed by atoms with Crippen LogP contribution in [0.2, 0.25) is 0 Å². The van der Waals surface area contributed by atoms with Crippen molar-refractivity contribution >= 4 is 19.2 Å². The number of piperazine rings is 1. The predicted octanol–water partition coefficient (Wildman–Crippen LogP) is -0.209. The minimum Gasteiger partial charge on any atom is -0.870 e. The van der Waals surface area contributed by atoms with Crippen molar-refractivity contribution in [1.29, 1.82) is 0 Å². The van der Waals surface area contributed by atoms with Gasteiger partial charge in [0, 0.05) is 0 Å². The van der Waals surface area contributed by atoms with Gasteiger partial charge in [-0.2, -0.15) is 0 Å². The van der Waals surface area contributed by atoms with Gasteiger partial charge >= 0.3 is 103 Å². The summed E-state index contributed by atoms with van der Waals surface area (Å²) in [6, 6.07) is 7.99. The zero-order chi connectivity index (χ0) is 12.3. The molecule has 1 aliphatic rings. The van der Waals surface area contributed by atoms with E-state index in [-0.39, 0.29) is 16.9 Å². The molecule has 5 nitrogen and oxygen atoms in total. The van der Waals surface area contributed by atoms with Crippen molar-refractivity contribution in [2.24, 2.45) is 0 Å². The maximum Gasteiger partial charge on any atom is -0.870 e. The molecule has 0 aliphatic carbocycles. The molecule has 2 rings (SSSR count). The first-order valence-corrected chi connectivity index (χ1v) is 5.97. The molecule has 0 bridgehead atoms. The summed E-state index contributed by atoms with van der Waals surface area (Å²) in [5, 5.41) is 0. The summed E-state index contributed by atoms with van der Waals surface area (Å²) in [5.41, 5.74) is 2.07. The van der Waals surface area contributed by atoms with Gasteiger partial charge in [-0.25, -0.2) is 0 Å². The maximum atomic E-state index is 11.2. The van der Waals surface area contributed by atoms with Crippen LogP contribution in [0.4, 0.5) is 0 Å². The van der Waals surface area contributed by atoms with Crippen LogP contribution in [-0.2, 0) is 11.3 Å². The molecule has 1 amide bonds. The molecule has 0 unspecified atom stereocenters. The van der Waals surface area contributed by atoms with Crippen molar-refractivity contribution < 1.29 is 15.7 Å². The van der Waals surface area contributed by atoms with E-state index >= 15 is 0 Å². The fourth-order valence-electron chi connectivity index (χ4n) is 2.10. The SMILES string of the molecule is [B+2]c1ccc(CN2CCN(C(C)=O)CC2)cc1.[OH-].[OH-]. The van der Waals surface area contributed by atoms with Gasteiger partial charge in [-0.1, -0.05) is 0 Å².